The van der Waals surface area contributed by atoms with Crippen molar-refractivity contribution in [1.29, 1.82) is 0 Å². The van der Waals surface area contributed by atoms with Crippen LogP contribution in [0.5, 0.6) is 0 Å². The van der Waals surface area contributed by atoms with Crippen LogP contribution in [0.15, 0.2) is 0 Å². The number of carbonyl (C=O) groups is 4. The number of rotatable bonds is 73. The van der Waals surface area contributed by atoms with Gasteiger partial charge in [0.15, 0.2) is 12.2 Å². The Labute approximate surface area is 575 Å². The maximum Gasteiger partial charge on any atom is 0.472 e. The van der Waals surface area contributed by atoms with E-state index in [0.29, 0.717) is 31.6 Å². The van der Waals surface area contributed by atoms with Crippen molar-refractivity contribution >= 4 is 39.5 Å². The van der Waals surface area contributed by atoms with Crippen molar-refractivity contribution in [3.8, 4) is 0 Å². The second kappa shape index (κ2) is 65.7. The largest absolute Gasteiger partial charge is 0.472 e. The fraction of sp³-hybridized carbons (Fsp3) is 0.947. The van der Waals surface area contributed by atoms with E-state index in [1.165, 1.54) is 186 Å². The summed E-state index contributed by atoms with van der Waals surface area (Å²) in [6.45, 7) is 11.9. The SMILES string of the molecule is CCCCCCCCCCCCCCCCC(=O)O[C@H](COC(=O)CCCCCCCCCC(C)C)COP(=O)(O)OC[C@H](O)COP(=O)(O)OC[C@@H](COC(=O)CCCCCCCCCCCCCCC(C)C)OC(=O)CCCCCCCCCCCCCCC(C)C. The van der Waals surface area contributed by atoms with Gasteiger partial charge in [0.05, 0.1) is 26.4 Å². The van der Waals surface area contributed by atoms with Crippen LogP contribution in [0.2, 0.25) is 0 Å². The van der Waals surface area contributed by atoms with Crippen molar-refractivity contribution < 1.29 is 80.2 Å². The summed E-state index contributed by atoms with van der Waals surface area (Å²) in [6.07, 6.45) is 51.3. The lowest BCUT2D eigenvalue weighted by molar-refractivity contribution is -0.161. The van der Waals surface area contributed by atoms with E-state index in [0.717, 1.165) is 108 Å². The Bertz CT molecular complexity index is 1840. The van der Waals surface area contributed by atoms with Crippen molar-refractivity contribution in [2.75, 3.05) is 39.6 Å². The monoisotopic (exact) mass is 1380 g/mol. The van der Waals surface area contributed by atoms with Crippen LogP contribution in [0.1, 0.15) is 382 Å². The van der Waals surface area contributed by atoms with Crippen LogP contribution < -0.4 is 0 Å². The van der Waals surface area contributed by atoms with Crippen LogP contribution in [0.3, 0.4) is 0 Å². The van der Waals surface area contributed by atoms with Crippen molar-refractivity contribution in [1.82, 2.24) is 0 Å². The summed E-state index contributed by atoms with van der Waals surface area (Å²) in [5.74, 6) is 0.145. The summed E-state index contributed by atoms with van der Waals surface area (Å²) in [5, 5.41) is 10.6. The molecule has 0 aromatic rings. The van der Waals surface area contributed by atoms with E-state index in [1.54, 1.807) is 0 Å². The third-order valence-corrected chi connectivity index (χ3v) is 19.3. The third-order valence-electron chi connectivity index (χ3n) is 17.4. The van der Waals surface area contributed by atoms with Crippen LogP contribution in [0.25, 0.3) is 0 Å². The molecule has 0 aromatic heterocycles. The van der Waals surface area contributed by atoms with Gasteiger partial charge < -0.3 is 33.8 Å². The zero-order chi connectivity index (χ0) is 69.4. The molecule has 0 bridgehead atoms. The van der Waals surface area contributed by atoms with Gasteiger partial charge in [-0.25, -0.2) is 9.13 Å². The molecule has 0 rings (SSSR count). The average Bonchev–Trinajstić information content (AvgIpc) is 1.54. The Balaban J connectivity index is 5.26. The maximum absolute atomic E-state index is 13.1. The van der Waals surface area contributed by atoms with Crippen LogP contribution in [-0.2, 0) is 65.4 Å². The van der Waals surface area contributed by atoms with Crippen LogP contribution in [0.4, 0.5) is 0 Å². The molecule has 94 heavy (non-hydrogen) atoms. The first kappa shape index (κ1) is 92.1. The number of phosphoric acid groups is 2. The van der Waals surface area contributed by atoms with Gasteiger partial charge in [0.25, 0.3) is 0 Å². The molecule has 5 atom stereocenters. The Kier molecular flexibility index (Phi) is 64.3. The van der Waals surface area contributed by atoms with E-state index in [-0.39, 0.29) is 25.7 Å². The minimum atomic E-state index is -4.96. The van der Waals surface area contributed by atoms with E-state index >= 15 is 0 Å². The van der Waals surface area contributed by atoms with Gasteiger partial charge >= 0.3 is 39.5 Å². The molecule has 0 aromatic carbocycles. The molecule has 19 heteroatoms. The van der Waals surface area contributed by atoms with Crippen molar-refractivity contribution in [3.63, 3.8) is 0 Å². The number of hydrogen-bond donors (Lipinski definition) is 3. The molecule has 0 heterocycles. The second-order valence-electron chi connectivity index (χ2n) is 28.5. The number of phosphoric ester groups is 2. The quantitative estimate of drug-likeness (QED) is 0.0222. The van der Waals surface area contributed by atoms with Crippen LogP contribution in [0, 0.1) is 17.8 Å². The number of carbonyl (C=O) groups excluding carboxylic acids is 4. The highest BCUT2D eigenvalue weighted by Gasteiger charge is 2.30. The smallest absolute Gasteiger partial charge is 0.462 e. The molecule has 0 spiro atoms. The summed E-state index contributed by atoms with van der Waals surface area (Å²) in [4.78, 5) is 72.8. The molecular weight excluding hydrogens is 1230 g/mol. The van der Waals surface area contributed by atoms with Crippen LogP contribution >= 0.6 is 15.6 Å². The van der Waals surface area contributed by atoms with Gasteiger partial charge in [-0.2, -0.15) is 0 Å². The van der Waals surface area contributed by atoms with Gasteiger partial charge in [0.2, 0.25) is 0 Å². The average molecular weight is 1380 g/mol. The van der Waals surface area contributed by atoms with Crippen LogP contribution in [-0.4, -0.2) is 96.7 Å². The first-order valence-electron chi connectivity index (χ1n) is 38.8. The highest BCUT2D eigenvalue weighted by Crippen LogP contribution is 2.45. The Hall–Kier alpha value is -1.94. The zero-order valence-electron chi connectivity index (χ0n) is 61.4. The number of unbranched alkanes of at least 4 members (excludes halogenated alkanes) is 41. The van der Waals surface area contributed by atoms with Gasteiger partial charge in [-0.3, -0.25) is 37.3 Å². The van der Waals surface area contributed by atoms with Gasteiger partial charge in [-0.1, -0.05) is 331 Å². The predicted octanol–water partition coefficient (Wildman–Crippen LogP) is 21.8. The molecule has 0 aliphatic rings. The lowest BCUT2D eigenvalue weighted by Gasteiger charge is -2.21. The number of aliphatic hydroxyl groups is 1. The van der Waals surface area contributed by atoms with Crippen molar-refractivity contribution in [3.05, 3.63) is 0 Å². The molecule has 0 aliphatic carbocycles. The van der Waals surface area contributed by atoms with E-state index in [2.05, 4.69) is 48.5 Å². The highest BCUT2D eigenvalue weighted by molar-refractivity contribution is 7.47. The molecule has 0 fully saturated rings. The summed E-state index contributed by atoms with van der Waals surface area (Å²) >= 11 is 0. The first-order valence-corrected chi connectivity index (χ1v) is 41.8. The fourth-order valence-corrected chi connectivity index (χ4v) is 13.0. The van der Waals surface area contributed by atoms with Crippen molar-refractivity contribution in [2.45, 2.75) is 401 Å². The molecule has 0 saturated carbocycles. The van der Waals surface area contributed by atoms with E-state index in [1.807, 2.05) is 0 Å². The minimum absolute atomic E-state index is 0.107. The Morgan fingerprint density at radius 3 is 0.723 bits per heavy atom. The van der Waals surface area contributed by atoms with Gasteiger partial charge in [0, 0.05) is 25.7 Å². The van der Waals surface area contributed by atoms with E-state index in [9.17, 15) is 43.2 Å². The molecule has 2 unspecified atom stereocenters. The Morgan fingerprint density at radius 1 is 0.287 bits per heavy atom. The van der Waals surface area contributed by atoms with E-state index in [4.69, 9.17) is 37.0 Å². The normalized spacial score (nSPS) is 14.1. The number of hydrogen-bond acceptors (Lipinski definition) is 15. The van der Waals surface area contributed by atoms with E-state index < -0.39 is 97.5 Å². The topological polar surface area (TPSA) is 237 Å². The maximum atomic E-state index is 13.1. The highest BCUT2D eigenvalue weighted by atomic mass is 31.2. The number of ether oxygens (including phenoxy) is 4. The molecule has 0 amide bonds. The lowest BCUT2D eigenvalue weighted by Crippen LogP contribution is -2.30. The minimum Gasteiger partial charge on any atom is -0.462 e. The summed E-state index contributed by atoms with van der Waals surface area (Å²) in [6, 6.07) is 0. The summed E-state index contributed by atoms with van der Waals surface area (Å²) < 4.78 is 68.5. The number of esters is 4. The van der Waals surface area contributed by atoms with Crippen molar-refractivity contribution in [2.24, 2.45) is 17.8 Å². The fourth-order valence-electron chi connectivity index (χ4n) is 11.4. The van der Waals surface area contributed by atoms with Gasteiger partial charge in [0.1, 0.15) is 19.3 Å². The van der Waals surface area contributed by atoms with Gasteiger partial charge in [-0.05, 0) is 43.4 Å². The molecule has 17 nitrogen and oxygen atoms in total. The molecule has 0 saturated heterocycles. The Morgan fingerprint density at radius 2 is 0.489 bits per heavy atom. The lowest BCUT2D eigenvalue weighted by atomic mass is 10.0. The van der Waals surface area contributed by atoms with Gasteiger partial charge in [-0.15, -0.1) is 0 Å². The second-order valence-corrected chi connectivity index (χ2v) is 31.4. The molecule has 558 valence electrons. The summed E-state index contributed by atoms with van der Waals surface area (Å²) in [7, 11) is -9.91. The number of aliphatic hydroxyl groups excluding tert-OH is 1. The molecule has 0 radical (unpaired) electrons. The standard InChI is InChI=1S/C75H146O17P2/c1-8-9-10-11-12-13-14-15-16-24-29-36-44-51-58-74(79)92-71(63-86-73(78)57-50-43-38-31-34-41-48-55-68(6)7)65-90-94(83,84)88-61-69(76)60-87-93(81,82)89-64-70(91-75(80)59-52-45-37-30-25-20-18-22-27-33-40-47-54-67(4)5)62-85-72(77)56-49-42-35-28-23-19-17-21-26-32-39-46-53-66(2)3/h66-71,76H,8-65H2,1-7H3,(H,81,82)(H,83,84)/t69-,70-,71-/m1/s1. The predicted molar refractivity (Wildman–Crippen MR) is 381 cm³/mol. The molecule has 3 N–H and O–H groups in total. The third kappa shape index (κ3) is 68.6. The summed E-state index contributed by atoms with van der Waals surface area (Å²) in [5.41, 5.74) is 0. The molecule has 0 aliphatic heterocycles. The first-order chi connectivity index (χ1) is 45.2. The zero-order valence-corrected chi connectivity index (χ0v) is 63.2. The molecular formula is C75H146O17P2.